The highest BCUT2D eigenvalue weighted by atomic mass is 31.2. The Hall–Kier alpha value is -0.310. The van der Waals surface area contributed by atoms with E-state index in [1.54, 1.807) is 0 Å². The Morgan fingerprint density at radius 2 is 1.57 bits per heavy atom. The smallest absolute Gasteiger partial charge is 0.368 e. The molecule has 0 heterocycles. The molecule has 0 saturated heterocycles. The molecule has 0 spiro atoms. The third kappa shape index (κ3) is 6.54. The molecular formula is C9H22N2O8P2. The Morgan fingerprint density at radius 3 is 2.00 bits per heavy atom. The number of aliphatic hydroxyl groups is 1. The number of nitrogens with one attached hydrogen (secondary N) is 1. The fraction of sp³-hybridized carbons (Fsp3) is 0.889. The van der Waals surface area contributed by atoms with Gasteiger partial charge in [-0.05, 0) is 32.2 Å². The summed E-state index contributed by atoms with van der Waals surface area (Å²) < 4.78 is 22.1. The van der Waals surface area contributed by atoms with Crippen molar-refractivity contribution in [2.75, 3.05) is 13.1 Å². The van der Waals surface area contributed by atoms with Gasteiger partial charge in [0.05, 0.1) is 0 Å². The van der Waals surface area contributed by atoms with Crippen LogP contribution in [0.3, 0.4) is 0 Å². The molecule has 0 aromatic carbocycles. The van der Waals surface area contributed by atoms with Crippen molar-refractivity contribution in [3.63, 3.8) is 0 Å². The van der Waals surface area contributed by atoms with Gasteiger partial charge in [0.1, 0.15) is 0 Å². The van der Waals surface area contributed by atoms with Crippen LogP contribution >= 0.6 is 15.2 Å². The van der Waals surface area contributed by atoms with Gasteiger partial charge >= 0.3 is 15.2 Å². The standard InChI is InChI=1S/C9H22N2O8P2/c10-6-3-4-8(12)11-7-2-1-5-9(13,20(14,15)16)21(17,18)19/h13H,1-7,10H2,(H,11,12)(H2,14,15,16)(H2,17,18,19). The number of carbonyl (C=O) groups is 1. The first-order valence-corrected chi connectivity index (χ1v) is 9.48. The van der Waals surface area contributed by atoms with Gasteiger partial charge < -0.3 is 35.7 Å². The Balaban J connectivity index is 4.28. The number of nitrogens with two attached hydrogens (primary N) is 1. The van der Waals surface area contributed by atoms with E-state index in [1.165, 1.54) is 0 Å². The van der Waals surface area contributed by atoms with Gasteiger partial charge in [0.15, 0.2) is 0 Å². The minimum absolute atomic E-state index is 0.0795. The summed E-state index contributed by atoms with van der Waals surface area (Å²) in [4.78, 5) is 46.8. The molecule has 0 unspecified atom stereocenters. The van der Waals surface area contributed by atoms with Crippen molar-refractivity contribution in [2.45, 2.75) is 37.2 Å². The first-order chi connectivity index (χ1) is 9.45. The molecule has 0 rings (SSSR count). The molecule has 0 atom stereocenters. The molecule has 0 aromatic rings. The van der Waals surface area contributed by atoms with Gasteiger partial charge in [0.2, 0.25) is 5.91 Å². The van der Waals surface area contributed by atoms with E-state index in [9.17, 15) is 19.0 Å². The largest absolute Gasteiger partial charge is 0.369 e. The van der Waals surface area contributed by atoms with Crippen LogP contribution in [0.2, 0.25) is 0 Å². The molecule has 10 nitrogen and oxygen atoms in total. The van der Waals surface area contributed by atoms with Crippen LogP contribution < -0.4 is 11.1 Å². The number of hydrogen-bond acceptors (Lipinski definition) is 5. The Kier molecular flexibility index (Phi) is 8.23. The molecule has 0 radical (unpaired) electrons. The van der Waals surface area contributed by atoms with E-state index in [2.05, 4.69) is 5.32 Å². The van der Waals surface area contributed by atoms with Crippen LogP contribution in [0.1, 0.15) is 32.1 Å². The number of carbonyl (C=O) groups excluding carboxylic acids is 1. The van der Waals surface area contributed by atoms with E-state index in [1.807, 2.05) is 0 Å². The first-order valence-electron chi connectivity index (χ1n) is 6.26. The molecule has 21 heavy (non-hydrogen) atoms. The second-order valence-electron chi connectivity index (χ2n) is 4.56. The lowest BCUT2D eigenvalue weighted by Gasteiger charge is -2.29. The molecule has 0 aliphatic heterocycles. The van der Waals surface area contributed by atoms with Crippen LogP contribution in [-0.4, -0.2) is 48.8 Å². The maximum atomic E-state index is 11.2. The van der Waals surface area contributed by atoms with Gasteiger partial charge in [-0.3, -0.25) is 13.9 Å². The van der Waals surface area contributed by atoms with Gasteiger partial charge in [-0.1, -0.05) is 0 Å². The summed E-state index contributed by atoms with van der Waals surface area (Å²) in [5.74, 6) is -0.235. The summed E-state index contributed by atoms with van der Waals surface area (Å²) >= 11 is 0. The van der Waals surface area contributed by atoms with Crippen molar-refractivity contribution in [1.82, 2.24) is 5.32 Å². The van der Waals surface area contributed by atoms with Crippen LogP contribution in [0, 0.1) is 0 Å². The monoisotopic (exact) mass is 348 g/mol. The second kappa shape index (κ2) is 8.36. The van der Waals surface area contributed by atoms with Crippen LogP contribution in [0.15, 0.2) is 0 Å². The van der Waals surface area contributed by atoms with E-state index >= 15 is 0 Å². The molecule has 1 amide bonds. The molecule has 8 N–H and O–H groups in total. The van der Waals surface area contributed by atoms with Gasteiger partial charge in [0, 0.05) is 13.0 Å². The highest BCUT2D eigenvalue weighted by Crippen LogP contribution is 2.69. The fourth-order valence-corrected chi connectivity index (χ4v) is 3.78. The lowest BCUT2D eigenvalue weighted by molar-refractivity contribution is -0.121. The van der Waals surface area contributed by atoms with Gasteiger partial charge in [-0.15, -0.1) is 0 Å². The number of unbranched alkanes of at least 4 members (excludes halogenated alkanes) is 1. The Morgan fingerprint density at radius 1 is 1.05 bits per heavy atom. The van der Waals surface area contributed by atoms with E-state index in [0.717, 1.165) is 0 Å². The van der Waals surface area contributed by atoms with Crippen LogP contribution in [0.4, 0.5) is 0 Å². The van der Waals surface area contributed by atoms with Crippen LogP contribution in [0.25, 0.3) is 0 Å². The predicted octanol–water partition coefficient (Wildman–Crippen LogP) is -0.987. The molecule has 0 aromatic heterocycles. The quantitative estimate of drug-likeness (QED) is 0.192. The fourth-order valence-electron chi connectivity index (χ4n) is 1.53. The van der Waals surface area contributed by atoms with E-state index < -0.39 is 26.7 Å². The molecular weight excluding hydrogens is 326 g/mol. The minimum atomic E-state index is -5.40. The average molecular weight is 348 g/mol. The molecule has 0 saturated carbocycles. The first kappa shape index (κ1) is 20.7. The highest BCUT2D eigenvalue weighted by Gasteiger charge is 2.58. The average Bonchev–Trinajstić information content (AvgIpc) is 2.32. The summed E-state index contributed by atoms with van der Waals surface area (Å²) in [5, 5.41) is 8.71. The summed E-state index contributed by atoms with van der Waals surface area (Å²) in [6.07, 6.45) is 0.133. The molecule has 0 aliphatic rings. The lowest BCUT2D eigenvalue weighted by Crippen LogP contribution is -2.29. The van der Waals surface area contributed by atoms with Crippen LogP contribution in [0.5, 0.6) is 0 Å². The summed E-state index contributed by atoms with van der Waals surface area (Å²) in [5.41, 5.74) is 5.23. The van der Waals surface area contributed by atoms with Gasteiger partial charge in [0.25, 0.3) is 5.08 Å². The SMILES string of the molecule is NCCCC(=O)NCCCCC(O)(P(=O)(O)O)P(=O)(O)O. The highest BCUT2D eigenvalue weighted by molar-refractivity contribution is 7.72. The zero-order valence-electron chi connectivity index (χ0n) is 11.4. The summed E-state index contributed by atoms with van der Waals surface area (Å²) in [6, 6.07) is 0. The van der Waals surface area contributed by atoms with Crippen molar-refractivity contribution in [2.24, 2.45) is 5.73 Å². The normalized spacial score (nSPS) is 13.2. The predicted molar refractivity (Wildman–Crippen MR) is 74.2 cm³/mol. The lowest BCUT2D eigenvalue weighted by atomic mass is 10.2. The third-order valence-corrected chi connectivity index (χ3v) is 6.68. The van der Waals surface area contributed by atoms with Crippen molar-refractivity contribution in [1.29, 1.82) is 0 Å². The van der Waals surface area contributed by atoms with Gasteiger partial charge in [-0.2, -0.15) is 0 Å². The van der Waals surface area contributed by atoms with E-state index in [4.69, 9.17) is 25.3 Å². The molecule has 12 heteroatoms. The summed E-state index contributed by atoms with van der Waals surface area (Å²) in [6.45, 7) is 0.548. The van der Waals surface area contributed by atoms with Crippen LogP contribution in [-0.2, 0) is 13.9 Å². The number of amides is 1. The topological polar surface area (TPSA) is 190 Å². The summed E-state index contributed by atoms with van der Waals surface area (Å²) in [7, 11) is -10.8. The third-order valence-electron chi connectivity index (χ3n) is 2.80. The Labute approximate surface area is 122 Å². The zero-order valence-corrected chi connectivity index (χ0v) is 13.2. The van der Waals surface area contributed by atoms with Crippen molar-refractivity contribution >= 4 is 21.1 Å². The maximum absolute atomic E-state index is 11.2. The molecule has 0 bridgehead atoms. The number of hydrogen-bond donors (Lipinski definition) is 7. The number of rotatable bonds is 10. The maximum Gasteiger partial charge on any atom is 0.369 e. The van der Waals surface area contributed by atoms with E-state index in [-0.39, 0.29) is 31.7 Å². The molecule has 0 aliphatic carbocycles. The van der Waals surface area contributed by atoms with Crippen molar-refractivity contribution < 1.29 is 38.6 Å². The molecule has 126 valence electrons. The zero-order chi connectivity index (χ0) is 16.7. The molecule has 0 fully saturated rings. The van der Waals surface area contributed by atoms with Gasteiger partial charge in [-0.25, -0.2) is 0 Å². The minimum Gasteiger partial charge on any atom is -0.368 e. The van der Waals surface area contributed by atoms with Crippen molar-refractivity contribution in [3.05, 3.63) is 0 Å². The second-order valence-corrected chi connectivity index (χ2v) is 8.57. The van der Waals surface area contributed by atoms with Crippen molar-refractivity contribution in [3.8, 4) is 0 Å². The van der Waals surface area contributed by atoms with E-state index in [0.29, 0.717) is 13.0 Å². The Bertz CT molecular complexity index is 409.